The average Bonchev–Trinajstić information content (AvgIpc) is 1.61. The van der Waals surface area contributed by atoms with Gasteiger partial charge in [-0.3, -0.25) is 4.79 Å². The van der Waals surface area contributed by atoms with Crippen molar-refractivity contribution in [2.75, 3.05) is 6.61 Å². The van der Waals surface area contributed by atoms with Gasteiger partial charge in [-0.2, -0.15) is 0 Å². The van der Waals surface area contributed by atoms with Crippen molar-refractivity contribution in [2.45, 2.75) is 13.0 Å². The SMILES string of the molecule is CC(N)COC=O. The van der Waals surface area contributed by atoms with E-state index in [1.165, 1.54) is 0 Å². The second-order valence-electron chi connectivity index (χ2n) is 1.41. The fourth-order valence-corrected chi connectivity index (χ4v) is 0.191. The standard InChI is InChI=1S/C4H9NO2/c1-4(5)2-7-3-6/h3-4H,2,5H2,1H3. The van der Waals surface area contributed by atoms with Gasteiger partial charge in [-0.25, -0.2) is 0 Å². The van der Waals surface area contributed by atoms with E-state index < -0.39 is 0 Å². The molecule has 7 heavy (non-hydrogen) atoms. The van der Waals surface area contributed by atoms with E-state index in [1.807, 2.05) is 0 Å². The third kappa shape index (κ3) is 5.43. The number of nitrogens with two attached hydrogens (primary N) is 1. The zero-order valence-electron chi connectivity index (χ0n) is 4.26. The van der Waals surface area contributed by atoms with Crippen molar-refractivity contribution in [3.8, 4) is 0 Å². The highest BCUT2D eigenvalue weighted by atomic mass is 16.5. The van der Waals surface area contributed by atoms with E-state index >= 15 is 0 Å². The Hall–Kier alpha value is -0.570. The number of carbonyl (C=O) groups is 1. The maximum absolute atomic E-state index is 9.43. The van der Waals surface area contributed by atoms with Crippen molar-refractivity contribution in [1.29, 1.82) is 0 Å². The fraction of sp³-hybridized carbons (Fsp3) is 0.750. The zero-order valence-corrected chi connectivity index (χ0v) is 4.26. The molecule has 0 radical (unpaired) electrons. The average molecular weight is 103 g/mol. The first-order valence-electron chi connectivity index (χ1n) is 2.08. The lowest BCUT2D eigenvalue weighted by Gasteiger charge is -1.98. The summed E-state index contributed by atoms with van der Waals surface area (Å²) in [4.78, 5) is 9.43. The highest BCUT2D eigenvalue weighted by Crippen LogP contribution is 1.72. The topological polar surface area (TPSA) is 52.3 Å². The second-order valence-corrected chi connectivity index (χ2v) is 1.41. The molecule has 0 aliphatic heterocycles. The van der Waals surface area contributed by atoms with Gasteiger partial charge in [0.25, 0.3) is 6.47 Å². The molecule has 0 aliphatic carbocycles. The van der Waals surface area contributed by atoms with E-state index in [1.54, 1.807) is 6.92 Å². The number of carbonyl (C=O) groups excluding carboxylic acids is 1. The smallest absolute Gasteiger partial charge is 0.293 e. The first-order valence-corrected chi connectivity index (χ1v) is 2.08. The number of hydrogen-bond acceptors (Lipinski definition) is 3. The Kier molecular flexibility index (Phi) is 3.32. The van der Waals surface area contributed by atoms with Crippen molar-refractivity contribution in [2.24, 2.45) is 5.73 Å². The van der Waals surface area contributed by atoms with Crippen LogP contribution < -0.4 is 5.73 Å². The van der Waals surface area contributed by atoms with Gasteiger partial charge in [0.05, 0.1) is 0 Å². The van der Waals surface area contributed by atoms with Crippen LogP contribution in [0.2, 0.25) is 0 Å². The van der Waals surface area contributed by atoms with Gasteiger partial charge >= 0.3 is 0 Å². The molecule has 3 heteroatoms. The molecule has 2 N–H and O–H groups in total. The van der Waals surface area contributed by atoms with Gasteiger partial charge in [0.15, 0.2) is 0 Å². The van der Waals surface area contributed by atoms with E-state index in [4.69, 9.17) is 5.73 Å². The van der Waals surface area contributed by atoms with Crippen molar-refractivity contribution < 1.29 is 9.53 Å². The van der Waals surface area contributed by atoms with Crippen molar-refractivity contribution in [1.82, 2.24) is 0 Å². The van der Waals surface area contributed by atoms with Crippen molar-refractivity contribution in [3.05, 3.63) is 0 Å². The molecule has 0 saturated heterocycles. The molecule has 1 unspecified atom stereocenters. The minimum Gasteiger partial charge on any atom is -0.466 e. The maximum atomic E-state index is 9.43. The summed E-state index contributed by atoms with van der Waals surface area (Å²) in [5.41, 5.74) is 5.19. The molecule has 0 bridgehead atoms. The van der Waals surface area contributed by atoms with Crippen LogP contribution in [0, 0.1) is 0 Å². The molecule has 0 aromatic rings. The lowest BCUT2D eigenvalue weighted by molar-refractivity contribution is -0.129. The predicted octanol–water partition coefficient (Wildman–Crippen LogP) is -0.493. The van der Waals surface area contributed by atoms with Gasteiger partial charge in [-0.15, -0.1) is 0 Å². The van der Waals surface area contributed by atoms with E-state index in [-0.39, 0.29) is 6.04 Å². The molecular weight excluding hydrogens is 94.0 g/mol. The Morgan fingerprint density at radius 3 is 2.71 bits per heavy atom. The molecule has 0 amide bonds. The predicted molar refractivity (Wildman–Crippen MR) is 25.7 cm³/mol. The summed E-state index contributed by atoms with van der Waals surface area (Å²) in [6.07, 6.45) is 0. The summed E-state index contributed by atoms with van der Waals surface area (Å²) in [7, 11) is 0. The van der Waals surface area contributed by atoms with Crippen LogP contribution in [0.4, 0.5) is 0 Å². The molecule has 0 aliphatic rings. The molecule has 42 valence electrons. The molecule has 3 nitrogen and oxygen atoms in total. The number of rotatable bonds is 3. The van der Waals surface area contributed by atoms with Crippen LogP contribution >= 0.6 is 0 Å². The molecule has 0 heterocycles. The van der Waals surface area contributed by atoms with Crippen LogP contribution in [-0.4, -0.2) is 19.1 Å². The Balaban J connectivity index is 2.81. The molecular formula is C4H9NO2. The van der Waals surface area contributed by atoms with Crippen LogP contribution in [-0.2, 0) is 9.53 Å². The Bertz CT molecular complexity index is 53.7. The van der Waals surface area contributed by atoms with Gasteiger partial charge in [-0.05, 0) is 6.92 Å². The van der Waals surface area contributed by atoms with Gasteiger partial charge in [-0.1, -0.05) is 0 Å². The minimum absolute atomic E-state index is 0.0507. The minimum atomic E-state index is -0.0507. The molecule has 0 aromatic heterocycles. The Morgan fingerprint density at radius 2 is 2.57 bits per heavy atom. The van der Waals surface area contributed by atoms with Crippen LogP contribution in [0.25, 0.3) is 0 Å². The fourth-order valence-electron chi connectivity index (χ4n) is 0.191. The van der Waals surface area contributed by atoms with Crippen LogP contribution in [0.3, 0.4) is 0 Å². The summed E-state index contributed by atoms with van der Waals surface area (Å²) in [5, 5.41) is 0. The molecule has 0 rings (SSSR count). The summed E-state index contributed by atoms with van der Waals surface area (Å²) >= 11 is 0. The lowest BCUT2D eigenvalue weighted by atomic mass is 10.4. The van der Waals surface area contributed by atoms with Crippen LogP contribution in [0.15, 0.2) is 0 Å². The third-order valence-electron chi connectivity index (χ3n) is 0.427. The number of ether oxygens (including phenoxy) is 1. The van der Waals surface area contributed by atoms with Crippen molar-refractivity contribution >= 4 is 6.47 Å². The summed E-state index contributed by atoms with van der Waals surface area (Å²) in [5.74, 6) is 0. The first kappa shape index (κ1) is 6.43. The van der Waals surface area contributed by atoms with Crippen molar-refractivity contribution in [3.63, 3.8) is 0 Å². The Labute approximate surface area is 42.4 Å². The monoisotopic (exact) mass is 103 g/mol. The van der Waals surface area contributed by atoms with Gasteiger partial charge in [0.1, 0.15) is 6.61 Å². The quantitative estimate of drug-likeness (QED) is 0.490. The summed E-state index contributed by atoms with van der Waals surface area (Å²) in [6.45, 7) is 2.47. The molecule has 1 atom stereocenters. The number of hydrogen-bond donors (Lipinski definition) is 1. The lowest BCUT2D eigenvalue weighted by Crippen LogP contribution is -2.21. The third-order valence-corrected chi connectivity index (χ3v) is 0.427. The summed E-state index contributed by atoms with van der Waals surface area (Å²) < 4.78 is 4.29. The molecule has 0 spiro atoms. The van der Waals surface area contributed by atoms with Gasteiger partial charge < -0.3 is 10.5 Å². The van der Waals surface area contributed by atoms with Crippen LogP contribution in [0.1, 0.15) is 6.92 Å². The van der Waals surface area contributed by atoms with Gasteiger partial charge in [0.2, 0.25) is 0 Å². The van der Waals surface area contributed by atoms with E-state index in [0.29, 0.717) is 13.1 Å². The van der Waals surface area contributed by atoms with E-state index in [2.05, 4.69) is 4.74 Å². The highest BCUT2D eigenvalue weighted by molar-refractivity contribution is 5.36. The van der Waals surface area contributed by atoms with E-state index in [0.717, 1.165) is 0 Å². The Morgan fingerprint density at radius 1 is 2.00 bits per heavy atom. The summed E-state index contributed by atoms with van der Waals surface area (Å²) in [6, 6.07) is -0.0507. The second kappa shape index (κ2) is 3.61. The van der Waals surface area contributed by atoms with Gasteiger partial charge in [0, 0.05) is 6.04 Å². The largest absolute Gasteiger partial charge is 0.466 e. The molecule has 0 fully saturated rings. The van der Waals surface area contributed by atoms with E-state index in [9.17, 15) is 4.79 Å². The normalized spacial score (nSPS) is 12.9. The molecule has 0 saturated carbocycles. The maximum Gasteiger partial charge on any atom is 0.293 e. The highest BCUT2D eigenvalue weighted by Gasteiger charge is 1.88. The zero-order chi connectivity index (χ0) is 5.70. The first-order chi connectivity index (χ1) is 3.27. The molecule has 0 aromatic carbocycles. The van der Waals surface area contributed by atoms with Crippen LogP contribution in [0.5, 0.6) is 0 Å².